The molecule has 0 bridgehead atoms. The van der Waals surface area contributed by atoms with E-state index in [1.807, 2.05) is 49.5 Å². The Bertz CT molecular complexity index is 1090. The van der Waals surface area contributed by atoms with E-state index in [4.69, 9.17) is 5.26 Å². The van der Waals surface area contributed by atoms with Crippen LogP contribution in [0.25, 0.3) is 5.69 Å². The molecule has 28 heavy (non-hydrogen) atoms. The second kappa shape index (κ2) is 8.20. The molecule has 0 fully saturated rings. The molecule has 6 heteroatoms. The van der Waals surface area contributed by atoms with Gasteiger partial charge in [0.05, 0.1) is 28.7 Å². The van der Waals surface area contributed by atoms with E-state index in [0.717, 1.165) is 21.8 Å². The smallest absolute Gasteiger partial charge is 0.240 e. The fraction of sp³-hybridized carbons (Fsp3) is 0.182. The number of amides is 1. The molecule has 2 aromatic carbocycles. The first-order chi connectivity index (χ1) is 13.5. The van der Waals surface area contributed by atoms with Gasteiger partial charge in [-0.1, -0.05) is 30.3 Å². The molecule has 6 nitrogen and oxygen atoms in total. The Kier molecular flexibility index (Phi) is 5.53. The third kappa shape index (κ3) is 3.77. The number of anilines is 1. The van der Waals surface area contributed by atoms with Gasteiger partial charge >= 0.3 is 0 Å². The van der Waals surface area contributed by atoms with Crippen molar-refractivity contribution in [3.63, 3.8) is 0 Å². The Hall–Kier alpha value is -3.90. The minimum Gasteiger partial charge on any atom is -0.273 e. The third-order valence-electron chi connectivity index (χ3n) is 4.51. The van der Waals surface area contributed by atoms with Crippen LogP contribution >= 0.6 is 0 Å². The Morgan fingerprint density at radius 1 is 1.11 bits per heavy atom. The number of benzene rings is 2. The third-order valence-corrected chi connectivity index (χ3v) is 4.51. The lowest BCUT2D eigenvalue weighted by molar-refractivity contribution is -0.117. The molecule has 0 N–H and O–H groups in total. The zero-order valence-corrected chi connectivity index (χ0v) is 15.8. The van der Waals surface area contributed by atoms with Crippen molar-refractivity contribution in [1.82, 2.24) is 9.78 Å². The average Bonchev–Trinajstić information content (AvgIpc) is 3.02. The van der Waals surface area contributed by atoms with Crippen LogP contribution < -0.4 is 4.90 Å². The van der Waals surface area contributed by atoms with Gasteiger partial charge in [0.25, 0.3) is 0 Å². The van der Waals surface area contributed by atoms with Crippen molar-refractivity contribution in [1.29, 1.82) is 10.5 Å². The number of carbonyl (C=O) groups is 1. The summed E-state index contributed by atoms with van der Waals surface area (Å²) in [4.78, 5) is 13.9. The number of hydrogen-bond donors (Lipinski definition) is 0. The molecule has 1 aromatic heterocycles. The predicted octanol–water partition coefficient (Wildman–Crippen LogP) is 3.81. The van der Waals surface area contributed by atoms with Gasteiger partial charge in [0.2, 0.25) is 5.91 Å². The van der Waals surface area contributed by atoms with E-state index < -0.39 is 0 Å². The summed E-state index contributed by atoms with van der Waals surface area (Å²) in [6, 6.07) is 18.8. The standard InChI is InChI=1S/C22H19N5O/c1-16-22(17(2)27(25-16)20-9-4-3-5-10-20)26(15-24)21(28)12-11-18-7-6-8-19(13-18)14-23/h3-10,13H,11-12H2,1-2H3. The molecule has 0 unspecified atom stereocenters. The van der Waals surface area contributed by atoms with Crippen molar-refractivity contribution >= 4 is 11.6 Å². The van der Waals surface area contributed by atoms with E-state index in [2.05, 4.69) is 11.2 Å². The van der Waals surface area contributed by atoms with Crippen LogP contribution in [0.1, 0.15) is 28.9 Å². The first-order valence-electron chi connectivity index (χ1n) is 8.88. The Balaban J connectivity index is 1.83. The Morgan fingerprint density at radius 2 is 1.86 bits per heavy atom. The van der Waals surface area contributed by atoms with Gasteiger partial charge in [0.1, 0.15) is 5.69 Å². The molecule has 0 atom stereocenters. The average molecular weight is 369 g/mol. The van der Waals surface area contributed by atoms with Gasteiger partial charge in [-0.05, 0) is 50.1 Å². The van der Waals surface area contributed by atoms with E-state index in [9.17, 15) is 10.1 Å². The van der Waals surface area contributed by atoms with Crippen molar-refractivity contribution in [2.45, 2.75) is 26.7 Å². The summed E-state index contributed by atoms with van der Waals surface area (Å²) >= 11 is 0. The summed E-state index contributed by atoms with van der Waals surface area (Å²) in [5.74, 6) is -0.302. The van der Waals surface area contributed by atoms with Gasteiger partial charge in [0.15, 0.2) is 6.19 Å². The fourth-order valence-corrected chi connectivity index (χ4v) is 3.17. The number of hydrogen-bond acceptors (Lipinski definition) is 4. The fourth-order valence-electron chi connectivity index (χ4n) is 3.17. The van der Waals surface area contributed by atoms with Crippen molar-refractivity contribution in [3.8, 4) is 17.9 Å². The zero-order valence-electron chi connectivity index (χ0n) is 15.8. The molecule has 0 saturated heterocycles. The summed E-state index contributed by atoms with van der Waals surface area (Å²) in [6.07, 6.45) is 2.62. The Labute approximate surface area is 163 Å². The number of nitrogens with zero attached hydrogens (tertiary/aromatic N) is 5. The van der Waals surface area contributed by atoms with Crippen LogP contribution in [0.4, 0.5) is 5.69 Å². The molecule has 1 heterocycles. The molecular weight excluding hydrogens is 350 g/mol. The second-order valence-electron chi connectivity index (χ2n) is 6.41. The minimum atomic E-state index is -0.302. The highest BCUT2D eigenvalue weighted by molar-refractivity contribution is 5.97. The quantitative estimate of drug-likeness (QED) is 0.505. The van der Waals surface area contributed by atoms with Crippen LogP contribution in [-0.2, 0) is 11.2 Å². The topological polar surface area (TPSA) is 85.7 Å². The first kappa shape index (κ1) is 18.9. The number of aromatic nitrogens is 2. The highest BCUT2D eigenvalue weighted by Crippen LogP contribution is 2.27. The largest absolute Gasteiger partial charge is 0.273 e. The van der Waals surface area contributed by atoms with Gasteiger partial charge in [-0.2, -0.15) is 15.6 Å². The predicted molar refractivity (Wildman–Crippen MR) is 106 cm³/mol. The van der Waals surface area contributed by atoms with E-state index in [0.29, 0.717) is 23.4 Å². The summed E-state index contributed by atoms with van der Waals surface area (Å²) in [6.45, 7) is 3.63. The van der Waals surface area contributed by atoms with Crippen LogP contribution in [0.15, 0.2) is 54.6 Å². The van der Waals surface area contributed by atoms with Crippen LogP contribution in [0.5, 0.6) is 0 Å². The SMILES string of the molecule is Cc1nn(-c2ccccc2)c(C)c1N(C#N)C(=O)CCc1cccc(C#N)c1. The lowest BCUT2D eigenvalue weighted by atomic mass is 10.1. The molecule has 0 saturated carbocycles. The number of aryl methyl sites for hydroxylation is 2. The molecule has 1 amide bonds. The van der Waals surface area contributed by atoms with E-state index in [1.165, 1.54) is 0 Å². The molecule has 0 aliphatic rings. The van der Waals surface area contributed by atoms with Gasteiger partial charge in [0, 0.05) is 6.42 Å². The molecular formula is C22H19N5O. The summed E-state index contributed by atoms with van der Waals surface area (Å²) in [5.41, 5.74) is 4.17. The van der Waals surface area contributed by atoms with Gasteiger partial charge < -0.3 is 0 Å². The number of carbonyl (C=O) groups excluding carboxylic acids is 1. The molecule has 0 radical (unpaired) electrons. The van der Waals surface area contributed by atoms with Crippen LogP contribution in [0, 0.1) is 36.6 Å². The van der Waals surface area contributed by atoms with Gasteiger partial charge in [-0.15, -0.1) is 0 Å². The highest BCUT2D eigenvalue weighted by Gasteiger charge is 2.24. The first-order valence-corrected chi connectivity index (χ1v) is 8.88. The van der Waals surface area contributed by atoms with Crippen molar-refractivity contribution < 1.29 is 4.79 Å². The summed E-state index contributed by atoms with van der Waals surface area (Å²) in [7, 11) is 0. The normalized spacial score (nSPS) is 10.1. The van der Waals surface area contributed by atoms with Crippen LogP contribution in [0.2, 0.25) is 0 Å². The van der Waals surface area contributed by atoms with Gasteiger partial charge in [-0.3, -0.25) is 4.79 Å². The zero-order chi connectivity index (χ0) is 20.1. The molecule has 3 aromatic rings. The second-order valence-corrected chi connectivity index (χ2v) is 6.41. The number of para-hydroxylation sites is 1. The number of rotatable bonds is 5. The maximum Gasteiger partial charge on any atom is 0.240 e. The number of nitriles is 2. The summed E-state index contributed by atoms with van der Waals surface area (Å²) < 4.78 is 1.73. The lowest BCUT2D eigenvalue weighted by Crippen LogP contribution is -2.27. The van der Waals surface area contributed by atoms with E-state index >= 15 is 0 Å². The monoisotopic (exact) mass is 369 g/mol. The summed E-state index contributed by atoms with van der Waals surface area (Å²) in [5, 5.41) is 23.1. The van der Waals surface area contributed by atoms with Crippen LogP contribution in [0.3, 0.4) is 0 Å². The minimum absolute atomic E-state index is 0.165. The highest BCUT2D eigenvalue weighted by atomic mass is 16.2. The van der Waals surface area contributed by atoms with E-state index in [-0.39, 0.29) is 12.3 Å². The maximum absolute atomic E-state index is 12.8. The maximum atomic E-state index is 12.8. The Morgan fingerprint density at radius 3 is 2.54 bits per heavy atom. The molecule has 0 aliphatic carbocycles. The van der Waals surface area contributed by atoms with Crippen molar-refractivity contribution in [2.75, 3.05) is 4.90 Å². The van der Waals surface area contributed by atoms with Crippen molar-refractivity contribution in [3.05, 3.63) is 77.1 Å². The van der Waals surface area contributed by atoms with Crippen molar-refractivity contribution in [2.24, 2.45) is 0 Å². The molecule has 138 valence electrons. The molecule has 0 spiro atoms. The lowest BCUT2D eigenvalue weighted by Gasteiger charge is -2.14. The van der Waals surface area contributed by atoms with Gasteiger partial charge in [-0.25, -0.2) is 9.58 Å². The van der Waals surface area contributed by atoms with Crippen LogP contribution in [-0.4, -0.2) is 15.7 Å². The molecule has 3 rings (SSSR count). The van der Waals surface area contributed by atoms with E-state index in [1.54, 1.807) is 29.8 Å². The molecule has 0 aliphatic heterocycles.